The first-order valence-electron chi connectivity index (χ1n) is 4.31. The van der Waals surface area contributed by atoms with E-state index in [1.54, 1.807) is 7.05 Å². The largest absolute Gasteiger partial charge is 0.461 e. The second-order valence-electron chi connectivity index (χ2n) is 2.75. The number of hydrogen-bond donors (Lipinski definition) is 1. The predicted octanol–water partition coefficient (Wildman–Crippen LogP) is 1.62. The van der Waals surface area contributed by atoms with Crippen LogP contribution in [0, 0.1) is 5.82 Å². The maximum absolute atomic E-state index is 12.5. The molecule has 0 amide bonds. The van der Waals surface area contributed by atoms with Gasteiger partial charge < -0.3 is 10.1 Å². The second kappa shape index (κ2) is 7.20. The number of carbonyl (C=O) groups excluding carboxylic acids is 1. The zero-order valence-electron chi connectivity index (χ0n) is 8.33. The van der Waals surface area contributed by atoms with Crippen molar-refractivity contribution in [3.05, 3.63) is 35.6 Å². The van der Waals surface area contributed by atoms with Crippen LogP contribution in [-0.2, 0) is 4.74 Å². The third-order valence-corrected chi connectivity index (χ3v) is 1.67. The SMILES string of the molecule is CNCCOC(=O)c1ccc(F)cc1.Cl. The van der Waals surface area contributed by atoms with E-state index in [-0.39, 0.29) is 18.2 Å². The fourth-order valence-corrected chi connectivity index (χ4v) is 0.915. The molecule has 0 heterocycles. The second-order valence-corrected chi connectivity index (χ2v) is 2.75. The maximum Gasteiger partial charge on any atom is 0.338 e. The Morgan fingerprint density at radius 2 is 2.00 bits per heavy atom. The summed E-state index contributed by atoms with van der Waals surface area (Å²) in [4.78, 5) is 11.3. The van der Waals surface area contributed by atoms with Crippen LogP contribution < -0.4 is 5.32 Å². The quantitative estimate of drug-likeness (QED) is 0.635. The summed E-state index contributed by atoms with van der Waals surface area (Å²) >= 11 is 0. The Labute approximate surface area is 94.0 Å². The summed E-state index contributed by atoms with van der Waals surface area (Å²) in [6.45, 7) is 0.916. The van der Waals surface area contributed by atoms with Gasteiger partial charge in [-0.2, -0.15) is 0 Å². The van der Waals surface area contributed by atoms with Crippen molar-refractivity contribution in [1.29, 1.82) is 0 Å². The zero-order valence-corrected chi connectivity index (χ0v) is 9.14. The first-order chi connectivity index (χ1) is 6.74. The minimum Gasteiger partial charge on any atom is -0.461 e. The molecule has 0 atom stereocenters. The molecule has 0 spiro atoms. The van der Waals surface area contributed by atoms with Crippen molar-refractivity contribution in [1.82, 2.24) is 5.32 Å². The van der Waals surface area contributed by atoms with Gasteiger partial charge in [0.05, 0.1) is 5.56 Å². The van der Waals surface area contributed by atoms with Gasteiger partial charge in [0.25, 0.3) is 0 Å². The topological polar surface area (TPSA) is 38.3 Å². The fourth-order valence-electron chi connectivity index (χ4n) is 0.915. The number of benzene rings is 1. The molecule has 5 heteroatoms. The molecule has 0 aliphatic heterocycles. The van der Waals surface area contributed by atoms with Crippen LogP contribution in [0.1, 0.15) is 10.4 Å². The molecular formula is C10H13ClFNO2. The van der Waals surface area contributed by atoms with Gasteiger partial charge in [0.2, 0.25) is 0 Å². The van der Waals surface area contributed by atoms with Gasteiger partial charge in [-0.15, -0.1) is 12.4 Å². The lowest BCUT2D eigenvalue weighted by Crippen LogP contribution is -2.17. The minimum atomic E-state index is -0.430. The van der Waals surface area contributed by atoms with E-state index >= 15 is 0 Å². The van der Waals surface area contributed by atoms with Gasteiger partial charge in [-0.3, -0.25) is 0 Å². The average molecular weight is 234 g/mol. The Kier molecular flexibility index (Phi) is 6.66. The van der Waals surface area contributed by atoms with Crippen LogP contribution in [0.5, 0.6) is 0 Å². The van der Waals surface area contributed by atoms with Crippen molar-refractivity contribution in [3.63, 3.8) is 0 Å². The van der Waals surface area contributed by atoms with E-state index in [9.17, 15) is 9.18 Å². The molecule has 0 fully saturated rings. The highest BCUT2D eigenvalue weighted by Crippen LogP contribution is 2.03. The molecule has 1 N–H and O–H groups in total. The summed E-state index contributed by atoms with van der Waals surface area (Å²) in [6.07, 6.45) is 0. The monoisotopic (exact) mass is 233 g/mol. The molecule has 1 aromatic rings. The van der Waals surface area contributed by atoms with Gasteiger partial charge in [-0.1, -0.05) is 0 Å². The van der Waals surface area contributed by atoms with E-state index < -0.39 is 5.97 Å². The van der Waals surface area contributed by atoms with Crippen molar-refractivity contribution in [3.8, 4) is 0 Å². The van der Waals surface area contributed by atoms with Gasteiger partial charge in [0.1, 0.15) is 12.4 Å². The number of nitrogens with one attached hydrogen (secondary N) is 1. The molecule has 1 rings (SSSR count). The number of halogens is 2. The maximum atomic E-state index is 12.5. The lowest BCUT2D eigenvalue weighted by molar-refractivity contribution is 0.0510. The van der Waals surface area contributed by atoms with E-state index in [4.69, 9.17) is 4.74 Å². The molecular weight excluding hydrogens is 221 g/mol. The van der Waals surface area contributed by atoms with E-state index in [0.29, 0.717) is 18.7 Å². The summed E-state index contributed by atoms with van der Waals surface area (Å²) in [5.74, 6) is -0.794. The molecule has 0 saturated heterocycles. The number of rotatable bonds is 4. The van der Waals surface area contributed by atoms with E-state index in [1.165, 1.54) is 24.3 Å². The van der Waals surface area contributed by atoms with Crippen molar-refractivity contribution < 1.29 is 13.9 Å². The summed E-state index contributed by atoms with van der Waals surface area (Å²) in [7, 11) is 1.77. The number of esters is 1. The average Bonchev–Trinajstić information content (AvgIpc) is 2.19. The van der Waals surface area contributed by atoms with E-state index in [0.717, 1.165) is 0 Å². The van der Waals surface area contributed by atoms with E-state index in [1.807, 2.05) is 0 Å². The van der Waals surface area contributed by atoms with E-state index in [2.05, 4.69) is 5.32 Å². The summed E-state index contributed by atoms with van der Waals surface area (Å²) in [5, 5.41) is 2.85. The van der Waals surface area contributed by atoms with Crippen LogP contribution in [0.3, 0.4) is 0 Å². The van der Waals surface area contributed by atoms with Crippen LogP contribution in [0.4, 0.5) is 4.39 Å². The van der Waals surface area contributed by atoms with Gasteiger partial charge in [-0.05, 0) is 31.3 Å². The Bertz CT molecular complexity index is 303. The third kappa shape index (κ3) is 4.76. The lowest BCUT2D eigenvalue weighted by atomic mass is 10.2. The number of carbonyl (C=O) groups is 1. The Hall–Kier alpha value is -1.13. The van der Waals surface area contributed by atoms with Crippen LogP contribution in [-0.4, -0.2) is 26.2 Å². The molecule has 0 aliphatic carbocycles. The summed E-state index contributed by atoms with van der Waals surface area (Å²) < 4.78 is 17.4. The Balaban J connectivity index is 0.00000196. The van der Waals surface area contributed by atoms with Crippen molar-refractivity contribution in [2.24, 2.45) is 0 Å². The van der Waals surface area contributed by atoms with Gasteiger partial charge in [0, 0.05) is 6.54 Å². The normalized spacial score (nSPS) is 9.20. The third-order valence-electron chi connectivity index (χ3n) is 1.67. The first kappa shape index (κ1) is 13.9. The molecule has 15 heavy (non-hydrogen) atoms. The zero-order chi connectivity index (χ0) is 10.4. The highest BCUT2D eigenvalue weighted by molar-refractivity contribution is 5.89. The molecule has 0 radical (unpaired) electrons. The van der Waals surface area contributed by atoms with Crippen molar-refractivity contribution in [2.45, 2.75) is 0 Å². The standard InChI is InChI=1S/C10H12FNO2.ClH/c1-12-6-7-14-10(13)8-2-4-9(11)5-3-8;/h2-5,12H,6-7H2,1H3;1H. The molecule has 0 aromatic heterocycles. The number of likely N-dealkylation sites (N-methyl/N-ethyl adjacent to an activating group) is 1. The molecule has 84 valence electrons. The van der Waals surface area contributed by atoms with Gasteiger partial charge >= 0.3 is 5.97 Å². The molecule has 0 bridgehead atoms. The Morgan fingerprint density at radius 1 is 1.40 bits per heavy atom. The molecule has 1 aromatic carbocycles. The van der Waals surface area contributed by atoms with Crippen LogP contribution in [0.25, 0.3) is 0 Å². The van der Waals surface area contributed by atoms with Gasteiger partial charge in [0.15, 0.2) is 0 Å². The number of hydrogen-bond acceptors (Lipinski definition) is 3. The molecule has 0 aliphatic rings. The molecule has 3 nitrogen and oxygen atoms in total. The molecule has 0 saturated carbocycles. The number of ether oxygens (including phenoxy) is 1. The highest BCUT2D eigenvalue weighted by Gasteiger charge is 2.05. The van der Waals surface area contributed by atoms with Crippen LogP contribution in [0.15, 0.2) is 24.3 Å². The van der Waals surface area contributed by atoms with Crippen molar-refractivity contribution >= 4 is 18.4 Å². The fraction of sp³-hybridized carbons (Fsp3) is 0.300. The van der Waals surface area contributed by atoms with Gasteiger partial charge in [-0.25, -0.2) is 9.18 Å². The highest BCUT2D eigenvalue weighted by atomic mass is 35.5. The predicted molar refractivity (Wildman–Crippen MR) is 57.9 cm³/mol. The summed E-state index contributed by atoms with van der Waals surface area (Å²) in [6, 6.07) is 5.26. The smallest absolute Gasteiger partial charge is 0.338 e. The minimum absolute atomic E-state index is 0. The molecule has 0 unspecified atom stereocenters. The lowest BCUT2D eigenvalue weighted by Gasteiger charge is -2.03. The van der Waals surface area contributed by atoms with Crippen molar-refractivity contribution in [2.75, 3.05) is 20.2 Å². The Morgan fingerprint density at radius 3 is 2.53 bits per heavy atom. The summed E-state index contributed by atoms with van der Waals surface area (Å²) in [5.41, 5.74) is 0.363. The van der Waals surface area contributed by atoms with Crippen LogP contribution >= 0.6 is 12.4 Å². The van der Waals surface area contributed by atoms with Crippen LogP contribution in [0.2, 0.25) is 0 Å². The first-order valence-corrected chi connectivity index (χ1v) is 4.31.